The summed E-state index contributed by atoms with van der Waals surface area (Å²) in [7, 11) is 0. The van der Waals surface area contributed by atoms with Gasteiger partial charge in [-0.05, 0) is 0 Å². The van der Waals surface area contributed by atoms with E-state index in [1.165, 1.54) is 23.4 Å². The van der Waals surface area contributed by atoms with Crippen LogP contribution in [0.2, 0.25) is 11.4 Å². The topological polar surface area (TPSA) is 23.8 Å². The van der Waals surface area contributed by atoms with Crippen molar-refractivity contribution in [3.05, 3.63) is 12.2 Å². The van der Waals surface area contributed by atoms with Crippen molar-refractivity contribution in [1.29, 1.82) is 5.26 Å². The van der Waals surface area contributed by atoms with Crippen LogP contribution in [0, 0.1) is 11.3 Å². The molecule has 2 heteroatoms. The molecule has 0 spiro atoms. The third-order valence-electron chi connectivity index (χ3n) is 2.86. The molecular weight excluding hydrogens is 343 g/mol. The van der Waals surface area contributed by atoms with Gasteiger partial charge in [0.2, 0.25) is 0 Å². The van der Waals surface area contributed by atoms with Crippen molar-refractivity contribution >= 4 is 21.8 Å². The summed E-state index contributed by atoms with van der Waals surface area (Å²) in [5.41, 5.74) is 0. The van der Waals surface area contributed by atoms with Gasteiger partial charge in [0, 0.05) is 0 Å². The Bertz CT molecular complexity index is 228. The van der Waals surface area contributed by atoms with Gasteiger partial charge in [0.05, 0.1) is 0 Å². The van der Waals surface area contributed by atoms with E-state index in [2.05, 4.69) is 18.2 Å². The molecule has 0 N–H and O–H groups in total. The van der Waals surface area contributed by atoms with E-state index in [0.717, 1.165) is 10.0 Å². The van der Waals surface area contributed by atoms with Crippen LogP contribution in [0.4, 0.5) is 0 Å². The van der Waals surface area contributed by atoms with Crippen LogP contribution in [0.15, 0.2) is 12.2 Å². The molecule has 2 heterocycles. The predicted molar refractivity (Wildman–Crippen MR) is 51.3 cm³/mol. The molecule has 2 rings (SSSR count). The summed E-state index contributed by atoms with van der Waals surface area (Å²) in [6.45, 7) is 0. The molecule has 0 aliphatic carbocycles. The summed E-state index contributed by atoms with van der Waals surface area (Å²) >= 11 is -1.34. The fourth-order valence-electron chi connectivity index (χ4n) is 2.20. The van der Waals surface area contributed by atoms with E-state index in [-0.39, 0.29) is 0 Å². The number of hydrogen-bond donors (Lipinski definition) is 0. The molecule has 2 aliphatic rings. The number of nitriles is 1. The van der Waals surface area contributed by atoms with Crippen molar-refractivity contribution in [1.82, 2.24) is 0 Å². The Labute approximate surface area is 82.1 Å². The first-order valence-electron chi connectivity index (χ1n) is 4.74. The van der Waals surface area contributed by atoms with Crippen LogP contribution in [-0.2, 0) is 0 Å². The van der Waals surface area contributed by atoms with Gasteiger partial charge in [-0.1, -0.05) is 0 Å². The van der Waals surface area contributed by atoms with Crippen LogP contribution >= 0.6 is 0 Å². The van der Waals surface area contributed by atoms with Crippen LogP contribution in [-0.4, -0.2) is 21.8 Å². The molecule has 1 saturated heterocycles. The van der Waals surface area contributed by atoms with Crippen molar-refractivity contribution in [2.24, 2.45) is 0 Å². The first-order chi connectivity index (χ1) is 5.92. The van der Waals surface area contributed by atoms with Gasteiger partial charge in [-0.3, -0.25) is 0 Å². The molecule has 1 fully saturated rings. The summed E-state index contributed by atoms with van der Waals surface area (Å²) in [6.07, 6.45) is 10.0. The molecule has 12 heavy (non-hydrogen) atoms. The third-order valence-corrected chi connectivity index (χ3v) is 15.5. The van der Waals surface area contributed by atoms with Gasteiger partial charge in [0.25, 0.3) is 0 Å². The minimum absolute atomic E-state index is 0.523. The van der Waals surface area contributed by atoms with Crippen LogP contribution in [0.1, 0.15) is 25.7 Å². The zero-order valence-electron chi connectivity index (χ0n) is 7.24. The van der Waals surface area contributed by atoms with Gasteiger partial charge in [0.15, 0.2) is 0 Å². The second kappa shape index (κ2) is 3.88. The summed E-state index contributed by atoms with van der Waals surface area (Å²) in [5.74, 6) is 0. The van der Waals surface area contributed by atoms with Crippen molar-refractivity contribution < 1.29 is 0 Å². The monoisotopic (exact) mass is 357 g/mol. The number of rotatable bonds is 0. The quantitative estimate of drug-likeness (QED) is 0.483. The van der Waals surface area contributed by atoms with Gasteiger partial charge in [-0.2, -0.15) is 0 Å². The summed E-state index contributed by atoms with van der Waals surface area (Å²) in [6, 6.07) is 2.54. The van der Waals surface area contributed by atoms with Crippen LogP contribution in [0.5, 0.6) is 0 Å². The van der Waals surface area contributed by atoms with E-state index < -0.39 is 21.8 Å². The second-order valence-electron chi connectivity index (χ2n) is 3.61. The number of hydrogen-bond acceptors (Lipinski definition) is 1. The van der Waals surface area contributed by atoms with E-state index in [1.807, 2.05) is 0 Å². The molecule has 1 nitrogen and oxygen atoms in total. The Kier molecular flexibility index (Phi) is 2.81. The zero-order valence-corrected chi connectivity index (χ0v) is 10.7. The molecular formula is C10H14BiN. The van der Waals surface area contributed by atoms with Crippen molar-refractivity contribution in [2.75, 3.05) is 0 Å². The van der Waals surface area contributed by atoms with Gasteiger partial charge in [-0.25, -0.2) is 0 Å². The first kappa shape index (κ1) is 8.70. The molecule has 64 valence electrons. The average molecular weight is 357 g/mol. The Morgan fingerprint density at radius 1 is 1.42 bits per heavy atom. The summed E-state index contributed by atoms with van der Waals surface area (Å²) < 4.78 is 2.95. The van der Waals surface area contributed by atoms with E-state index in [4.69, 9.17) is 5.26 Å². The van der Waals surface area contributed by atoms with Crippen molar-refractivity contribution in [3.8, 4) is 6.07 Å². The van der Waals surface area contributed by atoms with E-state index in [0.29, 0.717) is 3.63 Å². The van der Waals surface area contributed by atoms with Crippen molar-refractivity contribution in [3.63, 3.8) is 0 Å². The second-order valence-corrected chi connectivity index (χ2v) is 14.3. The number of allylic oxidation sites excluding steroid dienone is 2. The normalized spacial score (nSPS) is 35.6. The summed E-state index contributed by atoms with van der Waals surface area (Å²) in [5, 5.41) is 9.00. The zero-order chi connectivity index (χ0) is 8.39. The van der Waals surface area contributed by atoms with E-state index in [9.17, 15) is 0 Å². The molecule has 2 aliphatic heterocycles. The standard InChI is InChI=1S/C10H14N.Bi/c1-2-3-4-5-6-7-8-9-10-11;/h5-7,9H,1-4,8H2;. The Balaban J connectivity index is 2.13. The SMILES string of the molecule is N#C[CH]1CC=C[CH]2CCC[CH2][Bi]12. The van der Waals surface area contributed by atoms with Gasteiger partial charge >= 0.3 is 82.3 Å². The fourth-order valence-corrected chi connectivity index (χ4v) is 14.2. The maximum atomic E-state index is 9.00. The molecule has 0 bridgehead atoms. The Hall–Kier alpha value is 0.113. The first-order valence-corrected chi connectivity index (χ1v) is 11.2. The van der Waals surface area contributed by atoms with Gasteiger partial charge in [0.1, 0.15) is 0 Å². The third kappa shape index (κ3) is 1.57. The van der Waals surface area contributed by atoms with Crippen molar-refractivity contribution in [2.45, 2.75) is 37.1 Å². The summed E-state index contributed by atoms with van der Waals surface area (Å²) in [4.78, 5) is 0. The Morgan fingerprint density at radius 2 is 2.33 bits per heavy atom. The molecule has 0 aromatic heterocycles. The van der Waals surface area contributed by atoms with Crippen LogP contribution < -0.4 is 0 Å². The molecule has 0 radical (unpaired) electrons. The van der Waals surface area contributed by atoms with E-state index in [1.54, 1.807) is 0 Å². The molecule has 0 aromatic rings. The van der Waals surface area contributed by atoms with Gasteiger partial charge in [-0.15, -0.1) is 0 Å². The molecule has 0 amide bonds. The Morgan fingerprint density at radius 3 is 3.17 bits per heavy atom. The molecule has 0 aromatic carbocycles. The average Bonchev–Trinajstić information content (AvgIpc) is 2.17. The predicted octanol–water partition coefficient (Wildman–Crippen LogP) is 2.89. The van der Waals surface area contributed by atoms with Crippen LogP contribution in [0.3, 0.4) is 0 Å². The maximum absolute atomic E-state index is 9.00. The fraction of sp³-hybridized carbons (Fsp3) is 0.700. The number of fused-ring (bicyclic) bond motifs is 1. The van der Waals surface area contributed by atoms with E-state index >= 15 is 0 Å². The molecule has 0 saturated carbocycles. The van der Waals surface area contributed by atoms with Crippen LogP contribution in [0.25, 0.3) is 0 Å². The molecule has 2 atom stereocenters. The minimum atomic E-state index is -1.34. The van der Waals surface area contributed by atoms with Gasteiger partial charge < -0.3 is 0 Å². The molecule has 2 unspecified atom stereocenters. The number of nitrogens with zero attached hydrogens (tertiary/aromatic N) is 1.